The lowest BCUT2D eigenvalue weighted by Crippen LogP contribution is -2.58. The highest BCUT2D eigenvalue weighted by atomic mass is 16.7. The van der Waals surface area contributed by atoms with Crippen molar-refractivity contribution in [2.45, 2.75) is 120 Å². The molecule has 3 aliphatic rings. The molecular formula is C19H34O10. The summed E-state index contributed by atoms with van der Waals surface area (Å²) in [6.45, 7) is 6.48. The summed E-state index contributed by atoms with van der Waals surface area (Å²) in [5, 5.41) is 51.0. The first-order chi connectivity index (χ1) is 13.5. The fourth-order valence-electron chi connectivity index (χ4n) is 4.19. The van der Waals surface area contributed by atoms with Crippen molar-refractivity contribution in [1.29, 1.82) is 0 Å². The molecule has 10 nitrogen and oxygen atoms in total. The Labute approximate surface area is 170 Å². The van der Waals surface area contributed by atoms with Gasteiger partial charge in [-0.2, -0.15) is 0 Å². The topological polar surface area (TPSA) is 147 Å². The van der Waals surface area contributed by atoms with E-state index in [0.29, 0.717) is 0 Å². The Morgan fingerprint density at radius 2 is 1.28 bits per heavy atom. The van der Waals surface area contributed by atoms with Crippen molar-refractivity contribution in [3.8, 4) is 0 Å². The van der Waals surface area contributed by atoms with Crippen LogP contribution in [-0.4, -0.2) is 98.8 Å². The van der Waals surface area contributed by atoms with Crippen molar-refractivity contribution in [1.82, 2.24) is 0 Å². The van der Waals surface area contributed by atoms with E-state index in [0.717, 1.165) is 0 Å². The summed E-state index contributed by atoms with van der Waals surface area (Å²) in [4.78, 5) is 0. The van der Waals surface area contributed by atoms with Crippen LogP contribution in [0.4, 0.5) is 0 Å². The molecule has 12 atom stereocenters. The van der Waals surface area contributed by atoms with Gasteiger partial charge >= 0.3 is 0 Å². The van der Waals surface area contributed by atoms with Crippen molar-refractivity contribution in [2.75, 3.05) is 0 Å². The van der Waals surface area contributed by atoms with Gasteiger partial charge in [0.05, 0.1) is 36.1 Å². The van der Waals surface area contributed by atoms with Crippen LogP contribution in [0.25, 0.3) is 0 Å². The molecule has 0 aromatic rings. The van der Waals surface area contributed by atoms with Gasteiger partial charge in [0.1, 0.15) is 18.3 Å². The molecule has 170 valence electrons. The molecule has 0 aromatic carbocycles. The maximum absolute atomic E-state index is 10.5. The average Bonchev–Trinajstić information content (AvgIpc) is 2.61. The summed E-state index contributed by atoms with van der Waals surface area (Å²) in [6.07, 6.45) is -8.46. The monoisotopic (exact) mass is 422 g/mol. The van der Waals surface area contributed by atoms with Crippen LogP contribution in [0.1, 0.15) is 47.0 Å². The highest BCUT2D eigenvalue weighted by molar-refractivity contribution is 4.92. The molecule has 0 spiro atoms. The first-order valence-corrected chi connectivity index (χ1v) is 10.2. The Kier molecular flexibility index (Phi) is 7.22. The highest BCUT2D eigenvalue weighted by Crippen LogP contribution is 2.33. The van der Waals surface area contributed by atoms with Crippen LogP contribution in [-0.2, 0) is 23.7 Å². The van der Waals surface area contributed by atoms with Crippen LogP contribution >= 0.6 is 0 Å². The lowest BCUT2D eigenvalue weighted by molar-refractivity contribution is -0.331. The van der Waals surface area contributed by atoms with E-state index in [1.165, 1.54) is 6.92 Å². The molecule has 3 aliphatic heterocycles. The molecule has 3 fully saturated rings. The fourth-order valence-corrected chi connectivity index (χ4v) is 4.19. The second-order valence-corrected chi connectivity index (χ2v) is 8.65. The Morgan fingerprint density at radius 3 is 1.90 bits per heavy atom. The zero-order chi connectivity index (χ0) is 21.5. The quantitative estimate of drug-likeness (QED) is 0.382. The first kappa shape index (κ1) is 23.3. The smallest absolute Gasteiger partial charge is 0.161 e. The molecule has 0 radical (unpaired) electrons. The van der Waals surface area contributed by atoms with Gasteiger partial charge in [0, 0.05) is 19.3 Å². The zero-order valence-electron chi connectivity index (χ0n) is 17.2. The molecule has 5 N–H and O–H groups in total. The number of hydrogen-bond acceptors (Lipinski definition) is 10. The Hall–Kier alpha value is -0.400. The first-order valence-electron chi connectivity index (χ1n) is 10.2. The molecular weight excluding hydrogens is 388 g/mol. The standard InChI is InChI=1S/C19H34O10/c1-8-16(21)11(5-13(20)25-8)28-14-6-12(17(22)9(2)26-14)29-15-7-19(4,24)18(23)10(3)27-15/h8-18,20-24H,5-7H2,1-4H3/t8-,9-,10+,11-,12-,13-,14+,15+,16-,17-,18+,19+/m1/s1. The third-order valence-electron chi connectivity index (χ3n) is 6.00. The van der Waals surface area contributed by atoms with Crippen LogP contribution < -0.4 is 0 Å². The van der Waals surface area contributed by atoms with Crippen LogP contribution in [0, 0.1) is 0 Å². The minimum absolute atomic E-state index is 0.0465. The van der Waals surface area contributed by atoms with Gasteiger partial charge < -0.3 is 49.2 Å². The minimum Gasteiger partial charge on any atom is -0.388 e. The van der Waals surface area contributed by atoms with Gasteiger partial charge in [-0.15, -0.1) is 0 Å². The van der Waals surface area contributed by atoms with Crippen LogP contribution in [0.15, 0.2) is 0 Å². The Balaban J connectivity index is 1.62. The lowest BCUT2D eigenvalue weighted by Gasteiger charge is -2.45. The van der Waals surface area contributed by atoms with Gasteiger partial charge in [0.15, 0.2) is 18.9 Å². The molecule has 29 heavy (non-hydrogen) atoms. The predicted octanol–water partition coefficient (Wildman–Crippen LogP) is -1.01. The molecule has 0 amide bonds. The maximum atomic E-state index is 10.5. The fraction of sp³-hybridized carbons (Fsp3) is 1.00. The molecule has 0 bridgehead atoms. The normalized spacial score (nSPS) is 54.3. The van der Waals surface area contributed by atoms with Crippen molar-refractivity contribution < 1.29 is 49.2 Å². The number of ether oxygens (including phenoxy) is 5. The number of rotatable bonds is 4. The van der Waals surface area contributed by atoms with E-state index in [-0.39, 0.29) is 19.3 Å². The van der Waals surface area contributed by atoms with Crippen LogP contribution in [0.2, 0.25) is 0 Å². The van der Waals surface area contributed by atoms with Crippen LogP contribution in [0.5, 0.6) is 0 Å². The predicted molar refractivity (Wildman–Crippen MR) is 97.5 cm³/mol. The van der Waals surface area contributed by atoms with Gasteiger partial charge in [-0.1, -0.05) is 0 Å². The third kappa shape index (κ3) is 5.27. The second kappa shape index (κ2) is 8.99. The van der Waals surface area contributed by atoms with Crippen molar-refractivity contribution in [2.24, 2.45) is 0 Å². The molecule has 0 aliphatic carbocycles. The summed E-state index contributed by atoms with van der Waals surface area (Å²) >= 11 is 0. The Morgan fingerprint density at radius 1 is 0.759 bits per heavy atom. The van der Waals surface area contributed by atoms with Gasteiger partial charge in [-0.25, -0.2) is 0 Å². The van der Waals surface area contributed by atoms with E-state index in [4.69, 9.17) is 23.7 Å². The van der Waals surface area contributed by atoms with E-state index < -0.39 is 73.3 Å². The summed E-state index contributed by atoms with van der Waals surface area (Å²) in [7, 11) is 0. The van der Waals surface area contributed by atoms with Crippen molar-refractivity contribution in [3.05, 3.63) is 0 Å². The molecule has 10 heteroatoms. The average molecular weight is 422 g/mol. The van der Waals surface area contributed by atoms with Gasteiger partial charge in [0.25, 0.3) is 0 Å². The third-order valence-corrected chi connectivity index (χ3v) is 6.00. The van der Waals surface area contributed by atoms with Gasteiger partial charge in [-0.05, 0) is 27.7 Å². The summed E-state index contributed by atoms with van der Waals surface area (Å²) in [5.41, 5.74) is -1.38. The molecule has 3 rings (SSSR count). The summed E-state index contributed by atoms with van der Waals surface area (Å²) < 4.78 is 28.3. The summed E-state index contributed by atoms with van der Waals surface area (Å²) in [6, 6.07) is 0. The molecule has 3 heterocycles. The lowest BCUT2D eigenvalue weighted by atomic mass is 9.89. The molecule has 0 saturated carbocycles. The van der Waals surface area contributed by atoms with Crippen LogP contribution in [0.3, 0.4) is 0 Å². The van der Waals surface area contributed by atoms with E-state index in [1.54, 1.807) is 20.8 Å². The van der Waals surface area contributed by atoms with Gasteiger partial charge in [0.2, 0.25) is 0 Å². The van der Waals surface area contributed by atoms with E-state index >= 15 is 0 Å². The molecule has 0 unspecified atom stereocenters. The number of aliphatic hydroxyl groups is 5. The largest absolute Gasteiger partial charge is 0.388 e. The number of aliphatic hydroxyl groups excluding tert-OH is 4. The Bertz CT molecular complexity index is 545. The molecule has 3 saturated heterocycles. The number of hydrogen-bond donors (Lipinski definition) is 5. The minimum atomic E-state index is -1.38. The SMILES string of the molecule is C[C@@H]1O[C@@H](O[C@@H]2C[C@H](O[C@@H]3C[C@H](O)O[C@H](C)[C@H]3O)O[C@H](C)[C@H]2O)C[C@](C)(O)[C@H]1O. The van der Waals surface area contributed by atoms with Crippen molar-refractivity contribution in [3.63, 3.8) is 0 Å². The highest BCUT2D eigenvalue weighted by Gasteiger charge is 2.47. The summed E-state index contributed by atoms with van der Waals surface area (Å²) in [5.74, 6) is 0. The van der Waals surface area contributed by atoms with E-state index in [2.05, 4.69) is 0 Å². The van der Waals surface area contributed by atoms with E-state index in [9.17, 15) is 25.5 Å². The van der Waals surface area contributed by atoms with Gasteiger partial charge in [-0.3, -0.25) is 0 Å². The zero-order valence-corrected chi connectivity index (χ0v) is 17.2. The maximum Gasteiger partial charge on any atom is 0.161 e. The van der Waals surface area contributed by atoms with Crippen molar-refractivity contribution >= 4 is 0 Å². The second-order valence-electron chi connectivity index (χ2n) is 8.65. The molecule has 0 aromatic heterocycles. The van der Waals surface area contributed by atoms with E-state index in [1.807, 2.05) is 0 Å².